The fourth-order valence-electron chi connectivity index (χ4n) is 6.52. The summed E-state index contributed by atoms with van der Waals surface area (Å²) in [7, 11) is 0. The van der Waals surface area contributed by atoms with Crippen molar-refractivity contribution in [1.82, 2.24) is 0 Å². The van der Waals surface area contributed by atoms with Gasteiger partial charge in [-0.1, -0.05) is 213 Å². The zero-order chi connectivity index (χ0) is 46.5. The van der Waals surface area contributed by atoms with Gasteiger partial charge in [-0.2, -0.15) is 0 Å². The Balaban J connectivity index is 4.49. The predicted molar refractivity (Wildman–Crippen MR) is 274 cm³/mol. The van der Waals surface area contributed by atoms with Gasteiger partial charge in [0, 0.05) is 19.3 Å². The van der Waals surface area contributed by atoms with Crippen molar-refractivity contribution in [3.63, 3.8) is 0 Å². The van der Waals surface area contributed by atoms with E-state index in [4.69, 9.17) is 14.2 Å². The van der Waals surface area contributed by atoms with E-state index >= 15 is 0 Å². The van der Waals surface area contributed by atoms with Crippen LogP contribution in [0.5, 0.6) is 0 Å². The lowest BCUT2D eigenvalue weighted by Gasteiger charge is -2.18. The molecule has 0 saturated heterocycles. The molecule has 0 aliphatic carbocycles. The molecule has 64 heavy (non-hydrogen) atoms. The van der Waals surface area contributed by atoms with Crippen molar-refractivity contribution in [2.24, 2.45) is 0 Å². The van der Waals surface area contributed by atoms with E-state index in [1.54, 1.807) is 0 Å². The molecule has 0 aromatic heterocycles. The zero-order valence-corrected chi connectivity index (χ0v) is 41.0. The van der Waals surface area contributed by atoms with Gasteiger partial charge in [-0.3, -0.25) is 14.4 Å². The average molecular weight is 885 g/mol. The van der Waals surface area contributed by atoms with Crippen molar-refractivity contribution < 1.29 is 28.6 Å². The molecule has 0 fully saturated rings. The minimum absolute atomic E-state index is 0.103. The van der Waals surface area contributed by atoms with Crippen LogP contribution in [0.15, 0.2) is 122 Å². The third kappa shape index (κ3) is 48.8. The lowest BCUT2D eigenvalue weighted by atomic mass is 10.1. The molecule has 6 nitrogen and oxygen atoms in total. The van der Waals surface area contributed by atoms with Crippen LogP contribution in [0.3, 0.4) is 0 Å². The van der Waals surface area contributed by atoms with Crippen molar-refractivity contribution >= 4 is 17.9 Å². The van der Waals surface area contributed by atoms with Crippen LogP contribution in [0.25, 0.3) is 0 Å². The molecule has 0 amide bonds. The van der Waals surface area contributed by atoms with Gasteiger partial charge in [0.2, 0.25) is 0 Å². The quantitative estimate of drug-likeness (QED) is 0.0199. The highest BCUT2D eigenvalue weighted by Crippen LogP contribution is 2.13. The number of carbonyl (C=O) groups excluding carboxylic acids is 3. The van der Waals surface area contributed by atoms with E-state index in [1.165, 1.54) is 19.3 Å². The molecule has 0 heterocycles. The van der Waals surface area contributed by atoms with Crippen LogP contribution in [-0.4, -0.2) is 37.2 Å². The molecule has 0 radical (unpaired) electrons. The van der Waals surface area contributed by atoms with Gasteiger partial charge >= 0.3 is 17.9 Å². The lowest BCUT2D eigenvalue weighted by molar-refractivity contribution is -0.167. The minimum atomic E-state index is -0.805. The van der Waals surface area contributed by atoms with Crippen LogP contribution in [0.4, 0.5) is 0 Å². The van der Waals surface area contributed by atoms with Crippen molar-refractivity contribution in [1.29, 1.82) is 0 Å². The number of hydrogen-bond acceptors (Lipinski definition) is 6. The Bertz CT molecular complexity index is 1390. The number of allylic oxidation sites excluding steroid dienone is 20. The van der Waals surface area contributed by atoms with Gasteiger partial charge in [0.15, 0.2) is 6.10 Å². The molecule has 0 rings (SSSR count). The van der Waals surface area contributed by atoms with Gasteiger partial charge in [-0.15, -0.1) is 0 Å². The summed E-state index contributed by atoms with van der Waals surface area (Å²) in [5.74, 6) is -0.963. The van der Waals surface area contributed by atoms with Gasteiger partial charge in [-0.05, 0) is 96.3 Å². The van der Waals surface area contributed by atoms with Gasteiger partial charge < -0.3 is 14.2 Å². The fourth-order valence-corrected chi connectivity index (χ4v) is 6.52. The summed E-state index contributed by atoms with van der Waals surface area (Å²) in [6.07, 6.45) is 70.3. The molecule has 0 aromatic carbocycles. The second kappa shape index (κ2) is 51.4. The number of rotatable bonds is 44. The molecule has 1 atom stereocenters. The number of carbonyl (C=O) groups is 3. The Morgan fingerprint density at radius 3 is 1.09 bits per heavy atom. The molecule has 6 heteroatoms. The Morgan fingerprint density at radius 2 is 0.672 bits per heavy atom. The molecule has 0 N–H and O–H groups in total. The van der Waals surface area contributed by atoms with Crippen molar-refractivity contribution in [3.05, 3.63) is 122 Å². The highest BCUT2D eigenvalue weighted by atomic mass is 16.6. The molecule has 0 aromatic rings. The Labute approximate surface area is 392 Å². The molecule has 0 aliphatic heterocycles. The van der Waals surface area contributed by atoms with Crippen molar-refractivity contribution in [2.45, 2.75) is 213 Å². The highest BCUT2D eigenvalue weighted by molar-refractivity contribution is 5.71. The Hall–Kier alpha value is -4.19. The van der Waals surface area contributed by atoms with E-state index in [1.807, 2.05) is 36.5 Å². The zero-order valence-electron chi connectivity index (χ0n) is 41.0. The maximum Gasteiger partial charge on any atom is 0.306 e. The highest BCUT2D eigenvalue weighted by Gasteiger charge is 2.19. The Kier molecular flexibility index (Phi) is 48.1. The molecule has 360 valence electrons. The standard InChI is InChI=1S/C58H92O6/c1-4-7-10-13-16-19-22-25-27-29-30-32-33-36-39-42-45-48-51-57(60)63-54-55(53-62-56(59)50-47-44-41-38-35-24-21-18-15-12-9-6-3)64-58(61)52-49-46-43-40-37-34-31-28-26-23-20-17-14-11-8-5-2/h8-13,16-22,25-30,32,55H,4-7,14-15,23-24,31,33-54H2,1-3H3/b11-8-,12-9-,13-10-,19-16-,20-17-,21-18-,25-22-,28-26-,29-27-,32-30-. The lowest BCUT2D eigenvalue weighted by Crippen LogP contribution is -2.30. The second-order valence-electron chi connectivity index (χ2n) is 16.4. The maximum absolute atomic E-state index is 12.8. The van der Waals surface area contributed by atoms with E-state index in [0.717, 1.165) is 148 Å². The number of hydrogen-bond donors (Lipinski definition) is 0. The topological polar surface area (TPSA) is 78.9 Å². The van der Waals surface area contributed by atoms with Crippen LogP contribution < -0.4 is 0 Å². The van der Waals surface area contributed by atoms with Crippen molar-refractivity contribution in [3.8, 4) is 0 Å². The number of ether oxygens (including phenoxy) is 3. The van der Waals surface area contributed by atoms with Gasteiger partial charge in [0.05, 0.1) is 0 Å². The largest absolute Gasteiger partial charge is 0.462 e. The molecule has 0 saturated carbocycles. The molecule has 0 bridgehead atoms. The summed E-state index contributed by atoms with van der Waals surface area (Å²) in [5.41, 5.74) is 0. The molecule has 1 unspecified atom stereocenters. The Morgan fingerprint density at radius 1 is 0.344 bits per heavy atom. The van der Waals surface area contributed by atoms with Gasteiger partial charge in [0.25, 0.3) is 0 Å². The molecule has 0 aliphatic rings. The summed E-state index contributed by atoms with van der Waals surface area (Å²) < 4.78 is 16.8. The smallest absolute Gasteiger partial charge is 0.306 e. The van der Waals surface area contributed by atoms with Gasteiger partial charge in [-0.25, -0.2) is 0 Å². The first-order chi connectivity index (χ1) is 31.5. The van der Waals surface area contributed by atoms with Crippen LogP contribution in [0.1, 0.15) is 207 Å². The summed E-state index contributed by atoms with van der Waals surface area (Å²) in [5, 5.41) is 0. The maximum atomic E-state index is 12.8. The molecular formula is C58H92O6. The first-order valence-corrected chi connectivity index (χ1v) is 25.6. The third-order valence-corrected chi connectivity index (χ3v) is 10.3. The minimum Gasteiger partial charge on any atom is -0.462 e. The predicted octanol–water partition coefficient (Wildman–Crippen LogP) is 16.9. The molecular weight excluding hydrogens is 793 g/mol. The summed E-state index contributed by atoms with van der Waals surface area (Å²) in [6.45, 7) is 6.26. The van der Waals surface area contributed by atoms with E-state index in [0.29, 0.717) is 19.3 Å². The monoisotopic (exact) mass is 885 g/mol. The van der Waals surface area contributed by atoms with Gasteiger partial charge in [0.1, 0.15) is 13.2 Å². The normalized spacial score (nSPS) is 13.1. The SMILES string of the molecule is CC/C=C\C/C=C\C/C=C\CCCCCCCCC(=O)OC(COC(=O)CCCCCCC\C=C/C=C\C=C/C=C\C=C/CCC)COC(=O)CCCCCCC/C=C\C/C=C\CC. The average Bonchev–Trinajstić information content (AvgIpc) is 3.29. The first-order valence-electron chi connectivity index (χ1n) is 25.6. The van der Waals surface area contributed by atoms with Crippen LogP contribution in [-0.2, 0) is 28.6 Å². The summed E-state index contributed by atoms with van der Waals surface area (Å²) in [6, 6.07) is 0. The van der Waals surface area contributed by atoms with E-state index in [2.05, 4.69) is 106 Å². The third-order valence-electron chi connectivity index (χ3n) is 10.3. The van der Waals surface area contributed by atoms with Crippen LogP contribution in [0.2, 0.25) is 0 Å². The van der Waals surface area contributed by atoms with Crippen molar-refractivity contribution in [2.75, 3.05) is 13.2 Å². The first kappa shape index (κ1) is 59.8. The van der Waals surface area contributed by atoms with E-state index in [-0.39, 0.29) is 31.1 Å². The molecule has 0 spiro atoms. The number of unbranched alkanes of at least 4 members (excludes halogenated alkanes) is 17. The van der Waals surface area contributed by atoms with E-state index in [9.17, 15) is 14.4 Å². The summed E-state index contributed by atoms with van der Waals surface area (Å²) in [4.78, 5) is 38.0. The fraction of sp³-hybridized carbons (Fsp3) is 0.603. The second-order valence-corrected chi connectivity index (χ2v) is 16.4. The van der Waals surface area contributed by atoms with Crippen LogP contribution in [0, 0.1) is 0 Å². The van der Waals surface area contributed by atoms with Crippen LogP contribution >= 0.6 is 0 Å². The van der Waals surface area contributed by atoms with E-state index < -0.39 is 6.10 Å². The summed E-state index contributed by atoms with van der Waals surface area (Å²) >= 11 is 0. The number of esters is 3.